The van der Waals surface area contributed by atoms with Crippen LogP contribution in [0.25, 0.3) is 5.14 Å². The molecule has 4 heteroatoms. The highest BCUT2D eigenvalue weighted by Gasteiger charge is 1.99. The highest BCUT2D eigenvalue weighted by Crippen LogP contribution is 2.17. The molecule has 1 aromatic carbocycles. The molecule has 0 radical (unpaired) electrons. The fourth-order valence-corrected chi connectivity index (χ4v) is 0.587. The summed E-state index contributed by atoms with van der Waals surface area (Å²) in [6, 6.07) is 5.96. The van der Waals surface area contributed by atoms with Gasteiger partial charge in [-0.1, -0.05) is 10.9 Å². The summed E-state index contributed by atoms with van der Waals surface area (Å²) in [5.41, 5.74) is 0. The van der Waals surface area contributed by atoms with Gasteiger partial charge in [-0.25, -0.2) is 0 Å². The minimum atomic E-state index is 0.0705. The van der Waals surface area contributed by atoms with E-state index >= 15 is 0 Å². The van der Waals surface area contributed by atoms with Gasteiger partial charge in [0.25, 0.3) is 5.39 Å². The molecule has 0 saturated carbocycles. The van der Waals surface area contributed by atoms with Crippen LogP contribution in [0.2, 0.25) is 0 Å². The second-order valence-corrected chi connectivity index (χ2v) is 1.67. The smallest absolute Gasteiger partial charge is 0.462 e. The van der Waals surface area contributed by atoms with Crippen molar-refractivity contribution in [2.45, 2.75) is 0 Å². The third-order valence-corrected chi connectivity index (χ3v) is 0.964. The number of rotatable bonds is 1. The van der Waals surface area contributed by atoms with Crippen LogP contribution in [0.4, 0.5) is 0 Å². The number of benzene rings is 1. The Balaban J connectivity index is 2.87. The average Bonchev–Trinajstić information content (AvgIpc) is 1.88. The first-order chi connectivity index (χ1) is 4.83. The van der Waals surface area contributed by atoms with Gasteiger partial charge in [-0.15, -0.1) is 0 Å². The molecule has 4 nitrogen and oxygen atoms in total. The summed E-state index contributed by atoms with van der Waals surface area (Å²) in [4.78, 5) is 4.31. The van der Waals surface area contributed by atoms with Gasteiger partial charge < -0.3 is 5.11 Å². The molecule has 1 N–H and O–H groups in total. The molecule has 0 fully saturated rings. The topological polar surface area (TPSA) is 57.6 Å². The normalized spacial score (nSPS) is 8.30. The van der Waals surface area contributed by atoms with Crippen molar-refractivity contribution in [1.29, 1.82) is 5.39 Å². The lowest BCUT2D eigenvalue weighted by molar-refractivity contribution is 0.442. The Morgan fingerprint density at radius 1 is 1.50 bits per heavy atom. The summed E-state index contributed by atoms with van der Waals surface area (Å²) in [6.07, 6.45) is 0. The Morgan fingerprint density at radius 3 is 2.90 bits per heavy atom. The van der Waals surface area contributed by atoms with Crippen molar-refractivity contribution in [3.63, 3.8) is 0 Å². The predicted octanol–water partition coefficient (Wildman–Crippen LogP) is 1.54. The molecule has 0 heterocycles. The quantitative estimate of drug-likeness (QED) is 0.471. The molecule has 0 amide bonds. The van der Waals surface area contributed by atoms with Crippen LogP contribution in [0.1, 0.15) is 0 Å². The third kappa shape index (κ3) is 1.36. The highest BCUT2D eigenvalue weighted by molar-refractivity contribution is 5.31. The Labute approximate surface area is 57.3 Å². The van der Waals surface area contributed by atoms with Gasteiger partial charge in [-0.2, -0.15) is 0 Å². The highest BCUT2D eigenvalue weighted by atomic mass is 16.6. The maximum Gasteiger partial charge on any atom is 0.462 e. The van der Waals surface area contributed by atoms with Gasteiger partial charge in [0.1, 0.15) is 5.75 Å². The summed E-state index contributed by atoms with van der Waals surface area (Å²) < 4.78 is 0. The maximum absolute atomic E-state index is 8.84. The molecule has 50 valence electrons. The Hall–Kier alpha value is -1.76. The summed E-state index contributed by atoms with van der Waals surface area (Å²) in [5, 5.41) is 19.2. The molecular formula is C6H5N2O2+. The van der Waals surface area contributed by atoms with E-state index in [-0.39, 0.29) is 5.75 Å². The van der Waals surface area contributed by atoms with E-state index in [1.54, 1.807) is 12.1 Å². The van der Waals surface area contributed by atoms with Crippen molar-refractivity contribution in [2.24, 2.45) is 0 Å². The van der Waals surface area contributed by atoms with E-state index in [9.17, 15) is 0 Å². The fourth-order valence-electron chi connectivity index (χ4n) is 0.587. The molecule has 0 unspecified atom stereocenters. The zero-order valence-electron chi connectivity index (χ0n) is 5.06. The minimum absolute atomic E-state index is 0.0705. The lowest BCUT2D eigenvalue weighted by Crippen LogP contribution is -1.75. The predicted molar refractivity (Wildman–Crippen MR) is 33.8 cm³/mol. The number of phenolic OH excluding ortho intramolecular Hbond substituents is 1. The van der Waals surface area contributed by atoms with Crippen LogP contribution in [0, 0.1) is 5.39 Å². The number of phenols is 1. The van der Waals surface area contributed by atoms with Crippen molar-refractivity contribution in [3.8, 4) is 11.5 Å². The van der Waals surface area contributed by atoms with Crippen LogP contribution in [-0.4, -0.2) is 5.11 Å². The lowest BCUT2D eigenvalue weighted by atomic mass is 10.3. The van der Waals surface area contributed by atoms with Gasteiger partial charge in [-0.3, -0.25) is 0 Å². The van der Waals surface area contributed by atoms with Gasteiger partial charge in [0, 0.05) is 6.07 Å². The first kappa shape index (κ1) is 6.36. The van der Waals surface area contributed by atoms with Crippen LogP contribution in [0.15, 0.2) is 24.3 Å². The van der Waals surface area contributed by atoms with E-state index in [2.05, 4.69) is 9.98 Å². The second-order valence-electron chi connectivity index (χ2n) is 1.67. The maximum atomic E-state index is 8.84. The largest absolute Gasteiger partial charge is 0.508 e. The first-order valence-electron chi connectivity index (χ1n) is 2.63. The molecule has 0 aromatic heterocycles. The number of nitrogens with zero attached hydrogens (tertiary/aromatic N) is 2. The van der Waals surface area contributed by atoms with E-state index < -0.39 is 0 Å². The molecule has 0 aliphatic carbocycles. The third-order valence-electron chi connectivity index (χ3n) is 0.964. The lowest BCUT2D eigenvalue weighted by Gasteiger charge is -1.87. The van der Waals surface area contributed by atoms with Gasteiger partial charge in [-0.05, 0) is 12.1 Å². The first-order valence-corrected chi connectivity index (χ1v) is 2.63. The zero-order valence-corrected chi connectivity index (χ0v) is 5.06. The summed E-state index contributed by atoms with van der Waals surface area (Å²) in [7, 11) is 0. The fraction of sp³-hybridized carbons (Fsp3) is 0. The Bertz CT molecular complexity index is 267. The number of aromatic hydroxyl groups is 1. The van der Waals surface area contributed by atoms with Crippen molar-refractivity contribution < 1.29 is 9.94 Å². The van der Waals surface area contributed by atoms with E-state index in [0.29, 0.717) is 5.75 Å². The van der Waals surface area contributed by atoms with Gasteiger partial charge >= 0.3 is 5.14 Å². The summed E-state index contributed by atoms with van der Waals surface area (Å²) >= 11 is 0. The van der Waals surface area contributed by atoms with Crippen molar-refractivity contribution in [2.75, 3.05) is 0 Å². The van der Waals surface area contributed by atoms with E-state index in [1.165, 1.54) is 12.1 Å². The van der Waals surface area contributed by atoms with E-state index in [0.717, 1.165) is 0 Å². The van der Waals surface area contributed by atoms with Crippen LogP contribution in [0.5, 0.6) is 11.5 Å². The minimum Gasteiger partial charge on any atom is -0.508 e. The number of diazo groups is 1. The molecule has 1 rings (SSSR count). The van der Waals surface area contributed by atoms with Crippen LogP contribution < -0.4 is 4.84 Å². The van der Waals surface area contributed by atoms with Gasteiger partial charge in [0.15, 0.2) is 0 Å². The molecule has 0 bridgehead atoms. The van der Waals surface area contributed by atoms with Crippen molar-refractivity contribution in [3.05, 3.63) is 29.4 Å². The van der Waals surface area contributed by atoms with E-state index in [1.807, 2.05) is 0 Å². The van der Waals surface area contributed by atoms with Gasteiger partial charge in [0.2, 0.25) is 5.75 Å². The SMILES string of the molecule is N#[N+]Oc1cccc(O)c1. The standard InChI is InChI=1S/C6H4N2O2/c7-8-10-6-3-1-2-5(9)4-6/h1-4H/p+1. The van der Waals surface area contributed by atoms with Crippen molar-refractivity contribution >= 4 is 0 Å². The summed E-state index contributed by atoms with van der Waals surface area (Å²) in [6.45, 7) is 0. The molecule has 10 heavy (non-hydrogen) atoms. The Morgan fingerprint density at radius 2 is 2.30 bits per heavy atom. The average molecular weight is 137 g/mol. The van der Waals surface area contributed by atoms with Crippen LogP contribution in [0.3, 0.4) is 0 Å². The molecular weight excluding hydrogens is 132 g/mol. The second kappa shape index (κ2) is 2.69. The monoisotopic (exact) mass is 137 g/mol. The molecule has 1 aromatic rings. The number of hydrogen-bond acceptors (Lipinski definition) is 3. The molecule has 0 saturated heterocycles. The zero-order chi connectivity index (χ0) is 7.40. The number of hydrogen-bond donors (Lipinski definition) is 1. The van der Waals surface area contributed by atoms with E-state index in [4.69, 9.17) is 10.5 Å². The molecule has 0 spiro atoms. The van der Waals surface area contributed by atoms with Crippen molar-refractivity contribution in [1.82, 2.24) is 0 Å². The van der Waals surface area contributed by atoms with Crippen LogP contribution >= 0.6 is 0 Å². The molecule has 0 atom stereocenters. The van der Waals surface area contributed by atoms with Gasteiger partial charge in [0.05, 0.1) is 0 Å². The Kier molecular flexibility index (Phi) is 1.71. The molecule has 0 aliphatic rings. The van der Waals surface area contributed by atoms with Crippen LogP contribution in [-0.2, 0) is 0 Å². The summed E-state index contributed by atoms with van der Waals surface area (Å²) in [5.74, 6) is 0.364. The molecule has 0 aliphatic heterocycles.